The summed E-state index contributed by atoms with van der Waals surface area (Å²) in [5.74, 6) is 0. The predicted octanol–water partition coefficient (Wildman–Crippen LogP) is 10.7. The van der Waals surface area contributed by atoms with Crippen molar-refractivity contribution in [2.24, 2.45) is 0 Å². The fraction of sp³-hybridized carbons (Fsp3) is 0. The molecule has 4 aromatic carbocycles. The zero-order valence-corrected chi connectivity index (χ0v) is 25.2. The van der Waals surface area contributed by atoms with Gasteiger partial charge in [-0.1, -0.05) is 121 Å². The fourth-order valence-electron chi connectivity index (χ4n) is 6.14. The number of benzene rings is 4. The molecule has 4 aromatic heterocycles. The van der Waals surface area contributed by atoms with Gasteiger partial charge in [-0.15, -0.1) is 0 Å². The Hall–Kier alpha value is -6.26. The Bertz CT molecular complexity index is 1910. The normalized spacial score (nSPS) is 11.0. The Morgan fingerprint density at radius 3 is 0.674 bits per heavy atom. The summed E-state index contributed by atoms with van der Waals surface area (Å²) >= 11 is 0. The van der Waals surface area contributed by atoms with Crippen LogP contribution in [-0.4, -0.2) is 19.9 Å². The lowest BCUT2D eigenvalue weighted by atomic mass is 9.97. The highest BCUT2D eigenvalue weighted by Gasteiger charge is 2.22. The molecule has 8 rings (SSSR count). The molecule has 0 saturated heterocycles. The Kier molecular flexibility index (Phi) is 7.14. The number of aromatic amines is 4. The SMILES string of the molecule is c1ccc(-c2ccc(C(=C(c3ccc(-c4ccccc4)[nH]3)c3ccc(-c4ccccc4)[nH]3)c3ccc(-c4ccccc4)[nH]3)[nH]2)cc1. The van der Waals surface area contributed by atoms with E-state index < -0.39 is 0 Å². The minimum atomic E-state index is 1.02. The van der Waals surface area contributed by atoms with Crippen LogP contribution in [-0.2, 0) is 0 Å². The van der Waals surface area contributed by atoms with Gasteiger partial charge < -0.3 is 19.9 Å². The van der Waals surface area contributed by atoms with E-state index in [9.17, 15) is 0 Å². The standard InChI is InChI=1S/C42H32N4/c1-5-13-29(14-6-1)33-21-25-37(43-33)41(38-26-22-34(44-38)30-15-7-2-8-16-30)42(39-27-23-35(45-39)31-17-9-3-10-18-31)40-28-24-36(46-40)32-19-11-4-12-20-32/h1-28,43-46H. The minimum Gasteiger partial charge on any atom is -0.354 e. The number of hydrogen-bond donors (Lipinski definition) is 4. The van der Waals surface area contributed by atoms with E-state index in [1.54, 1.807) is 0 Å². The monoisotopic (exact) mass is 592 g/mol. The Morgan fingerprint density at radius 1 is 0.239 bits per heavy atom. The van der Waals surface area contributed by atoms with E-state index in [4.69, 9.17) is 0 Å². The summed E-state index contributed by atoms with van der Waals surface area (Å²) in [4.78, 5) is 15.1. The van der Waals surface area contributed by atoms with Crippen LogP contribution in [0.5, 0.6) is 0 Å². The number of nitrogens with one attached hydrogen (secondary N) is 4. The van der Waals surface area contributed by atoms with Crippen LogP contribution in [0.15, 0.2) is 170 Å². The van der Waals surface area contributed by atoms with E-state index in [0.717, 1.165) is 79.0 Å². The summed E-state index contributed by atoms with van der Waals surface area (Å²) in [5, 5.41) is 0. The lowest BCUT2D eigenvalue weighted by molar-refractivity contribution is 1.26. The quantitative estimate of drug-likeness (QED) is 0.136. The van der Waals surface area contributed by atoms with Crippen molar-refractivity contribution in [3.63, 3.8) is 0 Å². The summed E-state index contributed by atoms with van der Waals surface area (Å²) in [6.45, 7) is 0. The van der Waals surface area contributed by atoms with Crippen LogP contribution in [0, 0.1) is 0 Å². The van der Waals surface area contributed by atoms with E-state index in [0.29, 0.717) is 0 Å². The summed E-state index contributed by atoms with van der Waals surface area (Å²) in [6.07, 6.45) is 0. The van der Waals surface area contributed by atoms with Gasteiger partial charge in [0.1, 0.15) is 0 Å². The summed E-state index contributed by atoms with van der Waals surface area (Å²) in [6, 6.07) is 59.2. The van der Waals surface area contributed by atoms with Gasteiger partial charge in [-0.2, -0.15) is 0 Å². The van der Waals surface area contributed by atoms with Crippen LogP contribution in [0.2, 0.25) is 0 Å². The third kappa shape index (κ3) is 5.33. The van der Waals surface area contributed by atoms with E-state index in [-0.39, 0.29) is 0 Å². The van der Waals surface area contributed by atoms with Gasteiger partial charge in [-0.25, -0.2) is 0 Å². The maximum atomic E-state index is 3.77. The minimum absolute atomic E-state index is 1.02. The van der Waals surface area contributed by atoms with Gasteiger partial charge in [0.25, 0.3) is 0 Å². The molecule has 0 amide bonds. The van der Waals surface area contributed by atoms with Crippen molar-refractivity contribution in [3.05, 3.63) is 193 Å². The van der Waals surface area contributed by atoms with Crippen LogP contribution in [0.1, 0.15) is 22.8 Å². The molecule has 220 valence electrons. The van der Waals surface area contributed by atoms with E-state index >= 15 is 0 Å². The van der Waals surface area contributed by atoms with Gasteiger partial charge in [-0.05, 0) is 70.8 Å². The second kappa shape index (κ2) is 12.0. The van der Waals surface area contributed by atoms with Crippen molar-refractivity contribution >= 4 is 11.1 Å². The molecule has 0 atom stereocenters. The zero-order chi connectivity index (χ0) is 30.7. The van der Waals surface area contributed by atoms with E-state index in [1.807, 2.05) is 24.3 Å². The molecule has 0 fully saturated rings. The first-order valence-corrected chi connectivity index (χ1v) is 15.5. The van der Waals surface area contributed by atoms with Gasteiger partial charge in [0.2, 0.25) is 0 Å². The lowest BCUT2D eigenvalue weighted by Gasteiger charge is -2.14. The number of H-pyrrole nitrogens is 4. The first-order chi connectivity index (χ1) is 22.8. The average Bonchev–Trinajstić information content (AvgIpc) is 3.96. The van der Waals surface area contributed by atoms with Gasteiger partial charge in [0.05, 0.1) is 0 Å². The largest absolute Gasteiger partial charge is 0.354 e. The highest BCUT2D eigenvalue weighted by Crippen LogP contribution is 2.39. The molecular formula is C42H32N4. The molecular weight excluding hydrogens is 560 g/mol. The maximum Gasteiger partial charge on any atom is 0.0487 e. The molecule has 4 nitrogen and oxygen atoms in total. The van der Waals surface area contributed by atoms with Crippen molar-refractivity contribution in [3.8, 4) is 45.0 Å². The number of aromatic nitrogens is 4. The number of rotatable bonds is 8. The van der Waals surface area contributed by atoms with Crippen LogP contribution >= 0.6 is 0 Å². The second-order valence-corrected chi connectivity index (χ2v) is 11.4. The predicted molar refractivity (Wildman–Crippen MR) is 190 cm³/mol. The lowest BCUT2D eigenvalue weighted by Crippen LogP contribution is -1.99. The van der Waals surface area contributed by atoms with Gasteiger partial charge >= 0.3 is 0 Å². The Morgan fingerprint density at radius 2 is 0.457 bits per heavy atom. The molecule has 0 aliphatic carbocycles. The van der Waals surface area contributed by atoms with Crippen LogP contribution in [0.25, 0.3) is 56.2 Å². The third-order valence-electron chi connectivity index (χ3n) is 8.41. The van der Waals surface area contributed by atoms with Crippen molar-refractivity contribution in [1.82, 2.24) is 19.9 Å². The summed E-state index contributed by atoms with van der Waals surface area (Å²) in [5.41, 5.74) is 15.0. The van der Waals surface area contributed by atoms with Crippen molar-refractivity contribution in [2.45, 2.75) is 0 Å². The first-order valence-electron chi connectivity index (χ1n) is 15.5. The molecule has 4 N–H and O–H groups in total. The summed E-state index contributed by atoms with van der Waals surface area (Å²) < 4.78 is 0. The Labute approximate surface area is 268 Å². The maximum absolute atomic E-state index is 3.77. The molecule has 0 bridgehead atoms. The second-order valence-electron chi connectivity index (χ2n) is 11.4. The third-order valence-corrected chi connectivity index (χ3v) is 8.41. The zero-order valence-electron chi connectivity index (χ0n) is 25.2. The van der Waals surface area contributed by atoms with Crippen molar-refractivity contribution in [2.75, 3.05) is 0 Å². The summed E-state index contributed by atoms with van der Waals surface area (Å²) in [7, 11) is 0. The molecule has 46 heavy (non-hydrogen) atoms. The van der Waals surface area contributed by atoms with E-state index in [1.165, 1.54) is 0 Å². The van der Waals surface area contributed by atoms with Crippen molar-refractivity contribution in [1.29, 1.82) is 0 Å². The molecule has 0 spiro atoms. The molecule has 8 aromatic rings. The molecule has 4 heterocycles. The van der Waals surface area contributed by atoms with E-state index in [2.05, 4.69) is 166 Å². The molecule has 0 saturated carbocycles. The highest BCUT2D eigenvalue weighted by molar-refractivity contribution is 6.03. The first kappa shape index (κ1) is 27.3. The van der Waals surface area contributed by atoms with Crippen LogP contribution in [0.3, 0.4) is 0 Å². The smallest absolute Gasteiger partial charge is 0.0487 e. The van der Waals surface area contributed by atoms with Gasteiger partial charge in [0.15, 0.2) is 0 Å². The van der Waals surface area contributed by atoms with Crippen LogP contribution in [0.4, 0.5) is 0 Å². The van der Waals surface area contributed by atoms with Gasteiger partial charge in [-0.3, -0.25) is 0 Å². The molecule has 4 heteroatoms. The average molecular weight is 593 g/mol. The number of hydrogen-bond acceptors (Lipinski definition) is 0. The molecule has 0 unspecified atom stereocenters. The molecule has 0 aliphatic heterocycles. The highest BCUT2D eigenvalue weighted by atomic mass is 14.8. The Balaban J connectivity index is 1.37. The molecule has 0 aliphatic rings. The van der Waals surface area contributed by atoms with Gasteiger partial charge in [0, 0.05) is 56.7 Å². The topological polar surface area (TPSA) is 63.2 Å². The van der Waals surface area contributed by atoms with Crippen molar-refractivity contribution < 1.29 is 0 Å². The molecule has 0 radical (unpaired) electrons. The fourth-order valence-corrected chi connectivity index (χ4v) is 6.14. The van der Waals surface area contributed by atoms with Crippen LogP contribution < -0.4 is 0 Å².